The number of hydrogen-bond acceptors (Lipinski definition) is 3. The molecule has 2 heterocycles. The van der Waals surface area contributed by atoms with Crippen molar-refractivity contribution < 1.29 is 14.7 Å². The number of hydrogen-bond donors (Lipinski definition) is 1. The smallest absolute Gasteiger partial charge is 0.339 e. The Bertz CT molecular complexity index is 808. The van der Waals surface area contributed by atoms with Gasteiger partial charge < -0.3 is 10.0 Å². The van der Waals surface area contributed by atoms with Crippen LogP contribution in [0.5, 0.6) is 0 Å². The minimum atomic E-state index is -0.952. The normalized spacial score (nSPS) is 15.1. The van der Waals surface area contributed by atoms with E-state index >= 15 is 0 Å². The molecule has 1 aromatic heterocycles. The van der Waals surface area contributed by atoms with E-state index in [0.717, 1.165) is 30.7 Å². The van der Waals surface area contributed by atoms with Crippen molar-refractivity contribution in [2.45, 2.75) is 45.1 Å². The third kappa shape index (κ3) is 4.69. The second-order valence-corrected chi connectivity index (χ2v) is 7.42. The number of carboxylic acids is 1. The average molecular weight is 390 g/mol. The highest BCUT2D eigenvalue weighted by molar-refractivity contribution is 6.30. The topological polar surface area (TPSA) is 75.4 Å². The van der Waals surface area contributed by atoms with Crippen molar-refractivity contribution in [3.8, 4) is 0 Å². The molecule has 1 N–H and O–H groups in total. The molecule has 27 heavy (non-hydrogen) atoms. The first-order chi connectivity index (χ1) is 13.0. The van der Waals surface area contributed by atoms with E-state index in [9.17, 15) is 9.59 Å². The molecule has 1 amide bonds. The first kappa shape index (κ1) is 19.4. The van der Waals surface area contributed by atoms with E-state index in [1.165, 1.54) is 11.8 Å². The second-order valence-electron chi connectivity index (χ2n) is 6.99. The molecule has 2 aromatic rings. The first-order valence-electron chi connectivity index (χ1n) is 9.25. The molecule has 1 aliphatic rings. The Kier molecular flexibility index (Phi) is 6.16. The number of aromatic nitrogens is 2. The molecule has 0 saturated carbocycles. The van der Waals surface area contributed by atoms with E-state index in [-0.39, 0.29) is 17.5 Å². The van der Waals surface area contributed by atoms with Gasteiger partial charge in [-0.2, -0.15) is 5.10 Å². The summed E-state index contributed by atoms with van der Waals surface area (Å²) in [5, 5.41) is 14.1. The number of amides is 1. The Hall–Kier alpha value is -2.34. The first-order valence-corrected chi connectivity index (χ1v) is 9.63. The van der Waals surface area contributed by atoms with Crippen LogP contribution in [0.4, 0.5) is 0 Å². The Morgan fingerprint density at radius 1 is 1.22 bits per heavy atom. The Labute approximate surface area is 163 Å². The molecule has 144 valence electrons. The van der Waals surface area contributed by atoms with E-state index in [4.69, 9.17) is 16.7 Å². The maximum Gasteiger partial charge on any atom is 0.339 e. The fraction of sp³-hybridized carbons (Fsp3) is 0.450. The number of aryl methyl sites for hydroxylation is 1. The molecule has 7 heteroatoms. The maximum absolute atomic E-state index is 12.5. The summed E-state index contributed by atoms with van der Waals surface area (Å²) < 4.78 is 1.80. The fourth-order valence-electron chi connectivity index (χ4n) is 3.61. The zero-order valence-electron chi connectivity index (χ0n) is 15.4. The number of rotatable bonds is 6. The summed E-state index contributed by atoms with van der Waals surface area (Å²) in [4.78, 5) is 25.5. The maximum atomic E-state index is 12.5. The van der Waals surface area contributed by atoms with Crippen LogP contribution in [0.25, 0.3) is 0 Å². The lowest BCUT2D eigenvalue weighted by Crippen LogP contribution is -2.39. The Morgan fingerprint density at radius 3 is 2.48 bits per heavy atom. The lowest BCUT2D eigenvalue weighted by molar-refractivity contribution is -0.132. The molecular weight excluding hydrogens is 366 g/mol. The molecular formula is C20H24ClN3O3. The second kappa shape index (κ2) is 8.57. The molecule has 6 nitrogen and oxygen atoms in total. The van der Waals surface area contributed by atoms with Crippen molar-refractivity contribution in [3.05, 3.63) is 52.3 Å². The molecule has 0 aliphatic carbocycles. The van der Waals surface area contributed by atoms with Gasteiger partial charge in [0.2, 0.25) is 5.91 Å². The predicted molar refractivity (Wildman–Crippen MR) is 103 cm³/mol. The number of benzene rings is 1. The van der Waals surface area contributed by atoms with Crippen molar-refractivity contribution in [3.63, 3.8) is 0 Å². The summed E-state index contributed by atoms with van der Waals surface area (Å²) in [7, 11) is 0. The van der Waals surface area contributed by atoms with Gasteiger partial charge in [0, 0.05) is 24.5 Å². The summed E-state index contributed by atoms with van der Waals surface area (Å²) in [6.45, 7) is 3.16. The van der Waals surface area contributed by atoms with Crippen LogP contribution >= 0.6 is 11.6 Å². The number of carboxylic acid groups (broad SMARTS) is 1. The number of aromatic carboxylic acids is 1. The minimum absolute atomic E-state index is 0.149. The van der Waals surface area contributed by atoms with Gasteiger partial charge in [0.05, 0.1) is 17.9 Å². The monoisotopic (exact) mass is 389 g/mol. The van der Waals surface area contributed by atoms with E-state index in [1.807, 2.05) is 29.2 Å². The van der Waals surface area contributed by atoms with E-state index < -0.39 is 5.97 Å². The van der Waals surface area contributed by atoms with Crippen LogP contribution in [0.15, 0.2) is 30.5 Å². The van der Waals surface area contributed by atoms with Gasteiger partial charge in [-0.05, 0) is 50.3 Å². The summed E-state index contributed by atoms with van der Waals surface area (Å²) in [6, 6.07) is 7.88. The third-order valence-corrected chi connectivity index (χ3v) is 5.46. The van der Waals surface area contributed by atoms with Crippen LogP contribution in [-0.4, -0.2) is 44.8 Å². The highest BCUT2D eigenvalue weighted by atomic mass is 35.5. The standard InChI is InChI=1S/C20H24ClN3O3/c1-14-18(20(26)27)13-22-24(14)17-9-11-23(12-10-17)19(25)4-2-3-15-5-7-16(21)8-6-15/h5-8,13,17H,2-4,9-12H2,1H3,(H,26,27). The minimum Gasteiger partial charge on any atom is -0.478 e. The number of piperidine rings is 1. The van der Waals surface area contributed by atoms with Crippen LogP contribution in [0.1, 0.15) is 53.3 Å². The zero-order valence-corrected chi connectivity index (χ0v) is 16.2. The number of likely N-dealkylation sites (tertiary alicyclic amines) is 1. The van der Waals surface area contributed by atoms with Gasteiger partial charge in [-0.1, -0.05) is 23.7 Å². The number of halogens is 1. The predicted octanol–water partition coefficient (Wildman–Crippen LogP) is 3.73. The molecule has 0 spiro atoms. The Morgan fingerprint density at radius 2 is 1.89 bits per heavy atom. The zero-order chi connectivity index (χ0) is 19.4. The van der Waals surface area contributed by atoms with Gasteiger partial charge in [0.25, 0.3) is 0 Å². The van der Waals surface area contributed by atoms with Gasteiger partial charge in [0.15, 0.2) is 0 Å². The van der Waals surface area contributed by atoms with Crippen molar-refractivity contribution in [2.75, 3.05) is 13.1 Å². The van der Waals surface area contributed by atoms with Gasteiger partial charge in [-0.3, -0.25) is 9.48 Å². The molecule has 1 fully saturated rings. The Balaban J connectivity index is 1.46. The molecule has 0 radical (unpaired) electrons. The highest BCUT2D eigenvalue weighted by Gasteiger charge is 2.26. The molecule has 0 unspecified atom stereocenters. The molecule has 0 bridgehead atoms. The summed E-state index contributed by atoms with van der Waals surface area (Å²) in [5.41, 5.74) is 2.11. The average Bonchev–Trinajstić information content (AvgIpc) is 3.05. The highest BCUT2D eigenvalue weighted by Crippen LogP contribution is 2.25. The largest absolute Gasteiger partial charge is 0.478 e. The van der Waals surface area contributed by atoms with Gasteiger partial charge in [-0.25, -0.2) is 4.79 Å². The lowest BCUT2D eigenvalue weighted by atomic mass is 10.0. The summed E-state index contributed by atoms with van der Waals surface area (Å²) in [6.07, 6.45) is 5.22. The van der Waals surface area contributed by atoms with Crippen LogP contribution in [0, 0.1) is 6.92 Å². The third-order valence-electron chi connectivity index (χ3n) is 5.21. The molecule has 1 saturated heterocycles. The molecule has 3 rings (SSSR count). The van der Waals surface area contributed by atoms with Gasteiger partial charge in [-0.15, -0.1) is 0 Å². The summed E-state index contributed by atoms with van der Waals surface area (Å²) >= 11 is 5.88. The van der Waals surface area contributed by atoms with Crippen LogP contribution in [-0.2, 0) is 11.2 Å². The van der Waals surface area contributed by atoms with E-state index in [0.29, 0.717) is 25.2 Å². The number of nitrogens with zero attached hydrogens (tertiary/aromatic N) is 3. The van der Waals surface area contributed by atoms with Crippen molar-refractivity contribution in [1.29, 1.82) is 0 Å². The van der Waals surface area contributed by atoms with Gasteiger partial charge in [0.1, 0.15) is 5.56 Å². The molecule has 1 aliphatic heterocycles. The summed E-state index contributed by atoms with van der Waals surface area (Å²) in [5.74, 6) is -0.766. The van der Waals surface area contributed by atoms with Crippen molar-refractivity contribution >= 4 is 23.5 Å². The van der Waals surface area contributed by atoms with Crippen molar-refractivity contribution in [2.24, 2.45) is 0 Å². The van der Waals surface area contributed by atoms with Crippen LogP contribution < -0.4 is 0 Å². The van der Waals surface area contributed by atoms with Crippen LogP contribution in [0.2, 0.25) is 5.02 Å². The fourth-order valence-corrected chi connectivity index (χ4v) is 3.74. The lowest BCUT2D eigenvalue weighted by Gasteiger charge is -2.32. The quantitative estimate of drug-likeness (QED) is 0.816. The van der Waals surface area contributed by atoms with Crippen molar-refractivity contribution in [1.82, 2.24) is 14.7 Å². The SMILES string of the molecule is Cc1c(C(=O)O)cnn1C1CCN(C(=O)CCCc2ccc(Cl)cc2)CC1. The number of carbonyl (C=O) groups excluding carboxylic acids is 1. The van der Waals surface area contributed by atoms with E-state index in [1.54, 1.807) is 11.6 Å². The van der Waals surface area contributed by atoms with Crippen LogP contribution in [0.3, 0.4) is 0 Å². The molecule has 0 atom stereocenters. The number of carbonyl (C=O) groups is 2. The van der Waals surface area contributed by atoms with Gasteiger partial charge >= 0.3 is 5.97 Å². The van der Waals surface area contributed by atoms with E-state index in [2.05, 4.69) is 5.10 Å². The molecule has 1 aromatic carbocycles.